The molecular formula is C13H16N2S. The van der Waals surface area contributed by atoms with E-state index in [1.54, 1.807) is 0 Å². The molecule has 0 radical (unpaired) electrons. The molecule has 0 bridgehead atoms. The molecule has 3 rings (SSSR count). The minimum Gasteiger partial charge on any atom is -0.364 e. The first-order chi connectivity index (χ1) is 7.84. The van der Waals surface area contributed by atoms with E-state index in [0.29, 0.717) is 12.0 Å². The summed E-state index contributed by atoms with van der Waals surface area (Å²) in [6.45, 7) is 3.36. The number of hydrogen-bond donors (Lipinski definition) is 1. The standard InChI is InChI=1S/C13H16N2S/c1-9-8-10-4-2-3-5-11(10)12(9)15-13-14-6-7-16-13/h2-5,9,12H,6-8H2,1H3,(H,14,15). The van der Waals surface area contributed by atoms with Gasteiger partial charge in [-0.15, -0.1) is 0 Å². The summed E-state index contributed by atoms with van der Waals surface area (Å²) in [5.41, 5.74) is 2.91. The van der Waals surface area contributed by atoms with Gasteiger partial charge in [0, 0.05) is 12.3 Å². The zero-order chi connectivity index (χ0) is 11.0. The Morgan fingerprint density at radius 3 is 3.06 bits per heavy atom. The van der Waals surface area contributed by atoms with Gasteiger partial charge in [0.05, 0.1) is 6.04 Å². The van der Waals surface area contributed by atoms with Gasteiger partial charge in [-0.2, -0.15) is 0 Å². The zero-order valence-corrected chi connectivity index (χ0v) is 10.3. The molecule has 2 atom stereocenters. The van der Waals surface area contributed by atoms with Crippen molar-refractivity contribution in [3.63, 3.8) is 0 Å². The van der Waals surface area contributed by atoms with Crippen molar-refractivity contribution in [1.29, 1.82) is 0 Å². The van der Waals surface area contributed by atoms with E-state index in [2.05, 4.69) is 36.5 Å². The Morgan fingerprint density at radius 2 is 2.25 bits per heavy atom. The van der Waals surface area contributed by atoms with Crippen LogP contribution in [-0.2, 0) is 6.42 Å². The molecule has 84 valence electrons. The van der Waals surface area contributed by atoms with Crippen LogP contribution in [0.3, 0.4) is 0 Å². The normalized spacial score (nSPS) is 30.4. The van der Waals surface area contributed by atoms with Crippen LogP contribution in [0.5, 0.6) is 0 Å². The number of nitrogens with zero attached hydrogens (tertiary/aromatic N) is 1. The molecule has 1 N–H and O–H groups in total. The number of rotatable bonds is 1. The van der Waals surface area contributed by atoms with Gasteiger partial charge in [-0.1, -0.05) is 43.0 Å². The van der Waals surface area contributed by atoms with Crippen LogP contribution >= 0.6 is 11.8 Å². The third kappa shape index (κ3) is 1.73. The lowest BCUT2D eigenvalue weighted by atomic mass is 10.0. The molecule has 0 amide bonds. The summed E-state index contributed by atoms with van der Waals surface area (Å²) < 4.78 is 0. The molecule has 3 heteroatoms. The molecule has 2 aliphatic rings. The second-order valence-electron chi connectivity index (χ2n) is 4.53. The van der Waals surface area contributed by atoms with E-state index in [1.165, 1.54) is 17.5 Å². The predicted molar refractivity (Wildman–Crippen MR) is 69.9 cm³/mol. The van der Waals surface area contributed by atoms with Gasteiger partial charge in [0.2, 0.25) is 0 Å². The highest BCUT2D eigenvalue weighted by molar-refractivity contribution is 8.14. The van der Waals surface area contributed by atoms with E-state index in [4.69, 9.17) is 4.99 Å². The highest BCUT2D eigenvalue weighted by Crippen LogP contribution is 2.39. The van der Waals surface area contributed by atoms with Gasteiger partial charge in [-0.25, -0.2) is 0 Å². The van der Waals surface area contributed by atoms with Crippen molar-refractivity contribution >= 4 is 16.9 Å². The Bertz CT molecular complexity index is 420. The van der Waals surface area contributed by atoms with Gasteiger partial charge in [-0.3, -0.25) is 4.99 Å². The molecule has 2 nitrogen and oxygen atoms in total. The van der Waals surface area contributed by atoms with E-state index in [-0.39, 0.29) is 0 Å². The van der Waals surface area contributed by atoms with Crippen LogP contribution < -0.4 is 5.32 Å². The lowest BCUT2D eigenvalue weighted by molar-refractivity contribution is 0.515. The van der Waals surface area contributed by atoms with Crippen LogP contribution in [-0.4, -0.2) is 17.5 Å². The Balaban J connectivity index is 1.92. The predicted octanol–water partition coefficient (Wildman–Crippen LogP) is 2.61. The number of nitrogens with one attached hydrogen (secondary N) is 1. The van der Waals surface area contributed by atoms with Crippen molar-refractivity contribution in [1.82, 2.24) is 5.32 Å². The number of fused-ring (bicyclic) bond motifs is 1. The third-order valence-corrected chi connectivity index (χ3v) is 4.26. The molecule has 0 saturated carbocycles. The summed E-state index contributed by atoms with van der Waals surface area (Å²) in [5.74, 6) is 1.79. The van der Waals surface area contributed by atoms with E-state index in [9.17, 15) is 0 Å². The number of amidine groups is 1. The first-order valence-electron chi connectivity index (χ1n) is 5.87. The summed E-state index contributed by atoms with van der Waals surface area (Å²) in [6.07, 6.45) is 1.17. The molecule has 2 unspecified atom stereocenters. The fourth-order valence-electron chi connectivity index (χ4n) is 2.54. The molecule has 1 saturated heterocycles. The van der Waals surface area contributed by atoms with Gasteiger partial charge >= 0.3 is 0 Å². The van der Waals surface area contributed by atoms with Gasteiger partial charge < -0.3 is 5.32 Å². The summed E-state index contributed by atoms with van der Waals surface area (Å²) in [7, 11) is 0. The number of benzene rings is 1. The van der Waals surface area contributed by atoms with Crippen molar-refractivity contribution in [3.8, 4) is 0 Å². The second-order valence-corrected chi connectivity index (χ2v) is 5.62. The first kappa shape index (κ1) is 10.2. The monoisotopic (exact) mass is 232 g/mol. The van der Waals surface area contributed by atoms with Gasteiger partial charge in [0.15, 0.2) is 5.17 Å². The lowest BCUT2D eigenvalue weighted by Gasteiger charge is -2.12. The second kappa shape index (κ2) is 4.13. The average Bonchev–Trinajstić information content (AvgIpc) is 2.89. The molecule has 1 fully saturated rings. The fraction of sp³-hybridized carbons (Fsp3) is 0.462. The molecular weight excluding hydrogens is 216 g/mol. The Morgan fingerprint density at radius 1 is 1.38 bits per heavy atom. The molecule has 1 aromatic carbocycles. The summed E-state index contributed by atoms with van der Waals surface area (Å²) in [5, 5.41) is 4.48. The fourth-order valence-corrected chi connectivity index (χ4v) is 3.33. The van der Waals surface area contributed by atoms with Crippen molar-refractivity contribution in [2.45, 2.75) is 19.4 Å². The van der Waals surface area contributed by atoms with Crippen LogP contribution in [0.25, 0.3) is 0 Å². The van der Waals surface area contributed by atoms with Gasteiger partial charge in [0.1, 0.15) is 0 Å². The maximum Gasteiger partial charge on any atom is 0.157 e. The van der Waals surface area contributed by atoms with Crippen LogP contribution in [0.1, 0.15) is 24.1 Å². The first-order valence-corrected chi connectivity index (χ1v) is 6.85. The van der Waals surface area contributed by atoms with Crippen LogP contribution in [0.2, 0.25) is 0 Å². The van der Waals surface area contributed by atoms with E-state index in [0.717, 1.165) is 17.5 Å². The molecule has 1 aromatic rings. The number of aliphatic imine (C=N–C) groups is 1. The van der Waals surface area contributed by atoms with Crippen molar-refractivity contribution < 1.29 is 0 Å². The largest absolute Gasteiger partial charge is 0.364 e. The highest BCUT2D eigenvalue weighted by atomic mass is 32.2. The maximum absolute atomic E-state index is 4.87. The summed E-state index contributed by atoms with van der Waals surface area (Å²) >= 11 is 1.84. The molecule has 1 heterocycles. The Kier molecular flexibility index (Phi) is 2.64. The molecule has 1 aliphatic heterocycles. The van der Waals surface area contributed by atoms with E-state index >= 15 is 0 Å². The zero-order valence-electron chi connectivity index (χ0n) is 9.44. The Hall–Kier alpha value is -0.960. The highest BCUT2D eigenvalue weighted by Gasteiger charge is 2.29. The number of hydrogen-bond acceptors (Lipinski definition) is 2. The Labute approximate surface area is 101 Å². The smallest absolute Gasteiger partial charge is 0.157 e. The van der Waals surface area contributed by atoms with Gasteiger partial charge in [-0.05, 0) is 23.5 Å². The topological polar surface area (TPSA) is 24.4 Å². The molecule has 16 heavy (non-hydrogen) atoms. The molecule has 1 aliphatic carbocycles. The quantitative estimate of drug-likeness (QED) is 0.805. The molecule has 0 spiro atoms. The minimum absolute atomic E-state index is 0.365. The van der Waals surface area contributed by atoms with Gasteiger partial charge in [0.25, 0.3) is 0 Å². The van der Waals surface area contributed by atoms with Crippen LogP contribution in [0.4, 0.5) is 0 Å². The van der Waals surface area contributed by atoms with Crippen molar-refractivity contribution in [2.24, 2.45) is 10.9 Å². The summed E-state index contributed by atoms with van der Waals surface area (Å²) in [6, 6.07) is 9.08. The maximum atomic E-state index is 4.87. The van der Waals surface area contributed by atoms with E-state index in [1.807, 2.05) is 11.8 Å². The van der Waals surface area contributed by atoms with Crippen LogP contribution in [0, 0.1) is 5.92 Å². The lowest BCUT2D eigenvalue weighted by Crippen LogP contribution is -2.15. The number of thioether (sulfide) groups is 1. The third-order valence-electron chi connectivity index (χ3n) is 3.33. The SMILES string of the molecule is CC1Cc2ccccc2C1N=C1NCCS1. The summed E-state index contributed by atoms with van der Waals surface area (Å²) in [4.78, 5) is 4.87. The van der Waals surface area contributed by atoms with Crippen molar-refractivity contribution in [2.75, 3.05) is 12.3 Å². The molecule has 0 aromatic heterocycles. The van der Waals surface area contributed by atoms with E-state index < -0.39 is 0 Å². The van der Waals surface area contributed by atoms with Crippen molar-refractivity contribution in [3.05, 3.63) is 35.4 Å². The minimum atomic E-state index is 0.365. The van der Waals surface area contributed by atoms with Crippen LogP contribution in [0.15, 0.2) is 29.3 Å². The average molecular weight is 232 g/mol.